The Balaban J connectivity index is 1.98. The lowest BCUT2D eigenvalue weighted by molar-refractivity contribution is -0.119. The van der Waals surface area contributed by atoms with Crippen molar-refractivity contribution in [1.82, 2.24) is 5.32 Å². The monoisotopic (exact) mass is 220 g/mol. The van der Waals surface area contributed by atoms with E-state index < -0.39 is 0 Å². The van der Waals surface area contributed by atoms with Crippen LogP contribution in [0.1, 0.15) is 23.5 Å². The summed E-state index contributed by atoms with van der Waals surface area (Å²) in [6.45, 7) is 1.43. The van der Waals surface area contributed by atoms with Crippen LogP contribution in [0.4, 0.5) is 10.1 Å². The van der Waals surface area contributed by atoms with Gasteiger partial charge >= 0.3 is 0 Å². The summed E-state index contributed by atoms with van der Waals surface area (Å²) in [6, 6.07) is 3.47. The molecule has 1 aromatic carbocycles. The molecule has 0 aromatic heterocycles. The van der Waals surface area contributed by atoms with Gasteiger partial charge in [0.25, 0.3) is 0 Å². The Bertz CT molecular complexity index is 459. The molecule has 1 fully saturated rings. The Morgan fingerprint density at radius 3 is 2.94 bits per heavy atom. The number of hydrogen-bond donors (Lipinski definition) is 2. The first-order chi connectivity index (χ1) is 7.74. The molecule has 0 aliphatic carbocycles. The Hall–Kier alpha value is -1.58. The Morgan fingerprint density at radius 2 is 2.19 bits per heavy atom. The fraction of sp³-hybridized carbons (Fsp3) is 0.417. The molecule has 0 radical (unpaired) electrons. The average Bonchev–Trinajstić information content (AvgIpc) is 2.84. The molecule has 1 atom stereocenters. The standard InChI is InChI=1S/C12H13FN2O/c13-10-5-11-7(1-2-14-11)3-9(10)8-4-12(16)15-6-8/h3,5,8,14H,1-2,4,6H2,(H,15,16). The molecule has 0 bridgehead atoms. The molecule has 2 N–H and O–H groups in total. The molecule has 16 heavy (non-hydrogen) atoms. The van der Waals surface area contributed by atoms with Gasteiger partial charge in [0, 0.05) is 31.1 Å². The van der Waals surface area contributed by atoms with Crippen LogP contribution in [0.3, 0.4) is 0 Å². The van der Waals surface area contributed by atoms with Gasteiger partial charge in [-0.2, -0.15) is 0 Å². The van der Waals surface area contributed by atoms with Gasteiger partial charge in [-0.3, -0.25) is 4.79 Å². The zero-order chi connectivity index (χ0) is 11.1. The maximum atomic E-state index is 13.8. The number of hydrogen-bond acceptors (Lipinski definition) is 2. The van der Waals surface area contributed by atoms with Crippen molar-refractivity contribution in [3.05, 3.63) is 29.1 Å². The summed E-state index contributed by atoms with van der Waals surface area (Å²) in [5.41, 5.74) is 2.75. The van der Waals surface area contributed by atoms with Gasteiger partial charge in [-0.25, -0.2) is 4.39 Å². The first-order valence-corrected chi connectivity index (χ1v) is 5.57. The molecule has 0 spiro atoms. The molecule has 2 aliphatic heterocycles. The van der Waals surface area contributed by atoms with Gasteiger partial charge in [0.2, 0.25) is 5.91 Å². The van der Waals surface area contributed by atoms with Crippen molar-refractivity contribution in [3.63, 3.8) is 0 Å². The molecule has 1 unspecified atom stereocenters. The van der Waals surface area contributed by atoms with E-state index in [1.807, 2.05) is 6.07 Å². The third-order valence-electron chi connectivity index (χ3n) is 3.35. The van der Waals surface area contributed by atoms with Crippen LogP contribution >= 0.6 is 0 Å². The number of nitrogens with one attached hydrogen (secondary N) is 2. The van der Waals surface area contributed by atoms with Gasteiger partial charge in [0.05, 0.1) is 0 Å². The minimum atomic E-state index is -0.199. The topological polar surface area (TPSA) is 41.1 Å². The molecule has 2 aliphatic rings. The summed E-state index contributed by atoms with van der Waals surface area (Å²) < 4.78 is 13.8. The molecule has 3 nitrogen and oxygen atoms in total. The summed E-state index contributed by atoms with van der Waals surface area (Å²) in [7, 11) is 0. The number of benzene rings is 1. The van der Waals surface area contributed by atoms with Crippen molar-refractivity contribution in [2.75, 3.05) is 18.4 Å². The maximum absolute atomic E-state index is 13.8. The van der Waals surface area contributed by atoms with E-state index in [0.29, 0.717) is 18.5 Å². The summed E-state index contributed by atoms with van der Waals surface area (Å²) in [4.78, 5) is 11.1. The number of halogens is 1. The highest BCUT2D eigenvalue weighted by atomic mass is 19.1. The van der Waals surface area contributed by atoms with E-state index in [1.54, 1.807) is 6.07 Å². The molecule has 1 amide bonds. The van der Waals surface area contributed by atoms with Gasteiger partial charge in [-0.05, 0) is 23.6 Å². The minimum absolute atomic E-state index is 0.00148. The van der Waals surface area contributed by atoms with Gasteiger partial charge in [0.15, 0.2) is 0 Å². The van der Waals surface area contributed by atoms with Crippen LogP contribution in [0.15, 0.2) is 12.1 Å². The fourth-order valence-corrected chi connectivity index (χ4v) is 2.48. The van der Waals surface area contributed by atoms with Crippen molar-refractivity contribution in [3.8, 4) is 0 Å². The zero-order valence-corrected chi connectivity index (χ0v) is 8.85. The third kappa shape index (κ3) is 1.45. The SMILES string of the molecule is O=C1CC(c2cc3c(cc2F)NCC3)CN1. The van der Waals surface area contributed by atoms with Crippen molar-refractivity contribution in [2.24, 2.45) is 0 Å². The van der Waals surface area contributed by atoms with E-state index in [9.17, 15) is 9.18 Å². The van der Waals surface area contributed by atoms with Crippen LogP contribution in [0.25, 0.3) is 0 Å². The minimum Gasteiger partial charge on any atom is -0.384 e. The predicted molar refractivity (Wildman–Crippen MR) is 59.0 cm³/mol. The highest BCUT2D eigenvalue weighted by Gasteiger charge is 2.27. The molecular weight excluding hydrogens is 207 g/mol. The van der Waals surface area contributed by atoms with Crippen molar-refractivity contribution < 1.29 is 9.18 Å². The predicted octanol–water partition coefficient (Wildman–Crippen LogP) is 1.40. The Kier molecular flexibility index (Phi) is 2.09. The summed E-state index contributed by atoms with van der Waals surface area (Å²) in [5.74, 6) is -0.184. The lowest BCUT2D eigenvalue weighted by atomic mass is 9.95. The molecular formula is C12H13FN2O. The first kappa shape index (κ1) is 9.63. The van der Waals surface area contributed by atoms with Gasteiger partial charge in [-0.1, -0.05) is 6.07 Å². The van der Waals surface area contributed by atoms with E-state index in [0.717, 1.165) is 24.2 Å². The summed E-state index contributed by atoms with van der Waals surface area (Å²) in [6.07, 6.45) is 1.35. The van der Waals surface area contributed by atoms with Crippen molar-refractivity contribution in [1.29, 1.82) is 0 Å². The van der Waals surface area contributed by atoms with E-state index in [-0.39, 0.29) is 17.6 Å². The lowest BCUT2D eigenvalue weighted by Gasteiger charge is -2.11. The van der Waals surface area contributed by atoms with Crippen LogP contribution in [-0.2, 0) is 11.2 Å². The number of rotatable bonds is 1. The Morgan fingerprint density at radius 1 is 1.31 bits per heavy atom. The number of carbonyl (C=O) groups excluding carboxylic acids is 1. The quantitative estimate of drug-likeness (QED) is 0.751. The van der Waals surface area contributed by atoms with Crippen LogP contribution in [0.2, 0.25) is 0 Å². The van der Waals surface area contributed by atoms with Crippen LogP contribution in [0.5, 0.6) is 0 Å². The van der Waals surface area contributed by atoms with Crippen molar-refractivity contribution in [2.45, 2.75) is 18.8 Å². The zero-order valence-electron chi connectivity index (χ0n) is 8.85. The molecule has 84 valence electrons. The second kappa shape index (κ2) is 3.47. The molecule has 3 rings (SSSR count). The summed E-state index contributed by atoms with van der Waals surface area (Å²) in [5, 5.41) is 5.89. The molecule has 0 saturated carbocycles. The average molecular weight is 220 g/mol. The number of anilines is 1. The highest BCUT2D eigenvalue weighted by molar-refractivity contribution is 5.79. The molecule has 1 saturated heterocycles. The maximum Gasteiger partial charge on any atom is 0.220 e. The normalized spacial score (nSPS) is 22.8. The summed E-state index contributed by atoms with van der Waals surface area (Å²) >= 11 is 0. The first-order valence-electron chi connectivity index (χ1n) is 5.57. The number of carbonyl (C=O) groups is 1. The largest absolute Gasteiger partial charge is 0.384 e. The second-order valence-electron chi connectivity index (χ2n) is 4.41. The van der Waals surface area contributed by atoms with E-state index in [4.69, 9.17) is 0 Å². The van der Waals surface area contributed by atoms with Crippen LogP contribution < -0.4 is 10.6 Å². The van der Waals surface area contributed by atoms with Gasteiger partial charge in [-0.15, -0.1) is 0 Å². The smallest absolute Gasteiger partial charge is 0.220 e. The highest BCUT2D eigenvalue weighted by Crippen LogP contribution is 2.32. The molecule has 2 heterocycles. The third-order valence-corrected chi connectivity index (χ3v) is 3.35. The second-order valence-corrected chi connectivity index (χ2v) is 4.41. The molecule has 4 heteroatoms. The number of amides is 1. The number of fused-ring (bicyclic) bond motifs is 1. The van der Waals surface area contributed by atoms with Crippen LogP contribution in [-0.4, -0.2) is 19.0 Å². The lowest BCUT2D eigenvalue weighted by Crippen LogP contribution is -2.13. The van der Waals surface area contributed by atoms with Crippen LogP contribution in [0, 0.1) is 5.82 Å². The van der Waals surface area contributed by atoms with Gasteiger partial charge < -0.3 is 10.6 Å². The fourth-order valence-electron chi connectivity index (χ4n) is 2.48. The van der Waals surface area contributed by atoms with E-state index in [1.165, 1.54) is 0 Å². The van der Waals surface area contributed by atoms with Gasteiger partial charge in [0.1, 0.15) is 5.82 Å². The van der Waals surface area contributed by atoms with E-state index >= 15 is 0 Å². The van der Waals surface area contributed by atoms with Crippen molar-refractivity contribution >= 4 is 11.6 Å². The van der Waals surface area contributed by atoms with E-state index in [2.05, 4.69) is 10.6 Å². The Labute approximate surface area is 93.0 Å². The molecule has 1 aromatic rings.